The molecule has 2 nitrogen and oxygen atoms in total. The molecule has 0 spiro atoms. The van der Waals surface area contributed by atoms with Gasteiger partial charge in [-0.3, -0.25) is 4.79 Å². The molecular weight excluding hydrogens is 220 g/mol. The smallest absolute Gasteiger partial charge is 0.163 e. The Kier molecular flexibility index (Phi) is 2.97. The van der Waals surface area contributed by atoms with Crippen molar-refractivity contribution in [3.8, 4) is 5.75 Å². The molecule has 0 fully saturated rings. The van der Waals surface area contributed by atoms with Crippen molar-refractivity contribution in [3.63, 3.8) is 0 Å². The second-order valence-electron chi connectivity index (χ2n) is 4.03. The van der Waals surface area contributed by atoms with E-state index in [0.29, 0.717) is 16.5 Å². The van der Waals surface area contributed by atoms with Gasteiger partial charge in [-0.05, 0) is 23.6 Å². The second kappa shape index (κ2) is 4.26. The van der Waals surface area contributed by atoms with Gasteiger partial charge in [0.2, 0.25) is 0 Å². The van der Waals surface area contributed by atoms with Crippen molar-refractivity contribution in [2.24, 2.45) is 0 Å². The van der Waals surface area contributed by atoms with E-state index in [9.17, 15) is 4.79 Å². The van der Waals surface area contributed by atoms with E-state index in [-0.39, 0.29) is 0 Å². The fraction of sp³-hybridized carbons (Fsp3) is 0.308. The van der Waals surface area contributed by atoms with Gasteiger partial charge in [-0.15, -0.1) is 11.3 Å². The van der Waals surface area contributed by atoms with Crippen LogP contribution in [0.5, 0.6) is 5.75 Å². The average molecular weight is 234 g/mol. The summed E-state index contributed by atoms with van der Waals surface area (Å²) in [6, 6.07) is 6.28. The molecule has 16 heavy (non-hydrogen) atoms. The molecule has 1 aromatic heterocycles. The Morgan fingerprint density at radius 3 is 2.69 bits per heavy atom. The molecule has 1 heterocycles. The molecule has 84 valence electrons. The molecule has 1 aromatic carbocycles. The van der Waals surface area contributed by atoms with Crippen molar-refractivity contribution < 1.29 is 9.53 Å². The van der Waals surface area contributed by atoms with Crippen LogP contribution in [0.3, 0.4) is 0 Å². The number of aldehydes is 1. The lowest BCUT2D eigenvalue weighted by Crippen LogP contribution is -1.88. The number of rotatable bonds is 3. The van der Waals surface area contributed by atoms with Gasteiger partial charge in [0, 0.05) is 10.1 Å². The molecule has 2 aromatic rings. The van der Waals surface area contributed by atoms with E-state index in [0.717, 1.165) is 16.4 Å². The highest BCUT2D eigenvalue weighted by molar-refractivity contribution is 7.21. The third-order valence-electron chi connectivity index (χ3n) is 2.67. The minimum Gasteiger partial charge on any atom is -0.494 e. The van der Waals surface area contributed by atoms with Gasteiger partial charge in [0.15, 0.2) is 6.29 Å². The molecule has 0 aliphatic heterocycles. The average Bonchev–Trinajstić information content (AvgIpc) is 2.65. The molecule has 0 bridgehead atoms. The van der Waals surface area contributed by atoms with Gasteiger partial charge >= 0.3 is 0 Å². The van der Waals surface area contributed by atoms with Crippen LogP contribution in [0.2, 0.25) is 0 Å². The number of ether oxygens (including phenoxy) is 1. The van der Waals surface area contributed by atoms with Gasteiger partial charge in [-0.25, -0.2) is 0 Å². The molecule has 3 heteroatoms. The van der Waals surface area contributed by atoms with Crippen molar-refractivity contribution in [2.45, 2.75) is 19.8 Å². The number of thiophene rings is 1. The first-order valence-electron chi connectivity index (χ1n) is 5.23. The van der Waals surface area contributed by atoms with E-state index in [4.69, 9.17) is 4.74 Å². The van der Waals surface area contributed by atoms with Crippen molar-refractivity contribution >= 4 is 27.7 Å². The third kappa shape index (κ3) is 1.71. The Bertz CT molecular complexity index is 526. The highest BCUT2D eigenvalue weighted by Gasteiger charge is 2.13. The quantitative estimate of drug-likeness (QED) is 0.754. The van der Waals surface area contributed by atoms with Gasteiger partial charge in [0.1, 0.15) is 10.6 Å². The normalized spacial score (nSPS) is 11.0. The first-order valence-corrected chi connectivity index (χ1v) is 6.04. The first-order chi connectivity index (χ1) is 7.67. The molecule has 0 amide bonds. The Labute approximate surface area is 98.9 Å². The van der Waals surface area contributed by atoms with Crippen LogP contribution in [0.1, 0.15) is 35.0 Å². The number of hydrogen-bond donors (Lipinski definition) is 0. The van der Waals surface area contributed by atoms with Crippen molar-refractivity contribution in [1.82, 2.24) is 0 Å². The number of hydrogen-bond acceptors (Lipinski definition) is 3. The molecule has 2 rings (SSSR count). The summed E-state index contributed by atoms with van der Waals surface area (Å²) in [4.78, 5) is 11.6. The van der Waals surface area contributed by atoms with Crippen LogP contribution in [0.4, 0.5) is 0 Å². The van der Waals surface area contributed by atoms with Crippen LogP contribution in [0, 0.1) is 0 Å². The minimum atomic E-state index is 0.480. The Morgan fingerprint density at radius 2 is 2.12 bits per heavy atom. The standard InChI is InChI=1S/C13H14O2S/c1-8(2)9-4-5-11-10(6-9)13(15-3)12(7-14)16-11/h4-8H,1-3H3. The Hall–Kier alpha value is -1.35. The largest absolute Gasteiger partial charge is 0.494 e. The first kappa shape index (κ1) is 11.1. The van der Waals surface area contributed by atoms with Crippen LogP contribution in [0.15, 0.2) is 18.2 Å². The summed E-state index contributed by atoms with van der Waals surface area (Å²) in [5, 5.41) is 1.04. The number of benzene rings is 1. The van der Waals surface area contributed by atoms with Crippen LogP contribution >= 0.6 is 11.3 Å². The molecule has 0 radical (unpaired) electrons. The molecular formula is C13H14O2S. The van der Waals surface area contributed by atoms with Gasteiger partial charge in [0.05, 0.1) is 7.11 Å². The molecule has 0 aliphatic carbocycles. The minimum absolute atomic E-state index is 0.480. The van der Waals surface area contributed by atoms with Gasteiger partial charge < -0.3 is 4.74 Å². The number of carbonyl (C=O) groups is 1. The maximum atomic E-state index is 10.9. The zero-order valence-electron chi connectivity index (χ0n) is 9.61. The zero-order valence-corrected chi connectivity index (χ0v) is 10.4. The molecule has 0 aliphatic rings. The number of fused-ring (bicyclic) bond motifs is 1. The van der Waals surface area contributed by atoms with E-state index < -0.39 is 0 Å². The lowest BCUT2D eigenvalue weighted by molar-refractivity contribution is 0.112. The van der Waals surface area contributed by atoms with Crippen LogP contribution < -0.4 is 4.74 Å². The van der Waals surface area contributed by atoms with E-state index >= 15 is 0 Å². The SMILES string of the molecule is COc1c(C=O)sc2ccc(C(C)C)cc12. The van der Waals surface area contributed by atoms with Gasteiger partial charge in [0.25, 0.3) is 0 Å². The summed E-state index contributed by atoms with van der Waals surface area (Å²) in [6.45, 7) is 4.31. The Morgan fingerprint density at radius 1 is 1.38 bits per heavy atom. The van der Waals surface area contributed by atoms with Crippen LogP contribution in [-0.2, 0) is 0 Å². The second-order valence-corrected chi connectivity index (χ2v) is 5.11. The molecule has 0 N–H and O–H groups in total. The predicted octanol–water partition coefficient (Wildman–Crippen LogP) is 3.85. The lowest BCUT2D eigenvalue weighted by Gasteiger charge is -2.05. The maximum Gasteiger partial charge on any atom is 0.163 e. The van der Waals surface area contributed by atoms with E-state index in [1.807, 2.05) is 0 Å². The highest BCUT2D eigenvalue weighted by atomic mass is 32.1. The van der Waals surface area contributed by atoms with Crippen molar-refractivity contribution in [1.29, 1.82) is 0 Å². The summed E-state index contributed by atoms with van der Waals surface area (Å²) >= 11 is 1.48. The summed E-state index contributed by atoms with van der Waals surface area (Å²) in [7, 11) is 1.61. The van der Waals surface area contributed by atoms with E-state index in [2.05, 4.69) is 32.0 Å². The van der Waals surface area contributed by atoms with Crippen LogP contribution in [-0.4, -0.2) is 13.4 Å². The number of methoxy groups -OCH3 is 1. The number of carbonyl (C=O) groups excluding carboxylic acids is 1. The molecule has 0 unspecified atom stereocenters. The fourth-order valence-corrected chi connectivity index (χ4v) is 2.73. The van der Waals surface area contributed by atoms with Crippen molar-refractivity contribution in [3.05, 3.63) is 28.6 Å². The topological polar surface area (TPSA) is 26.3 Å². The molecule has 0 saturated carbocycles. The molecule has 0 saturated heterocycles. The third-order valence-corrected chi connectivity index (χ3v) is 3.75. The summed E-state index contributed by atoms with van der Waals surface area (Å²) < 4.78 is 6.40. The zero-order chi connectivity index (χ0) is 11.7. The molecule has 0 atom stereocenters. The summed E-state index contributed by atoms with van der Waals surface area (Å²) in [5.41, 5.74) is 1.26. The summed E-state index contributed by atoms with van der Waals surface area (Å²) in [6.07, 6.45) is 0.860. The maximum absolute atomic E-state index is 10.9. The van der Waals surface area contributed by atoms with Gasteiger partial charge in [-0.1, -0.05) is 19.9 Å². The monoisotopic (exact) mass is 234 g/mol. The lowest BCUT2D eigenvalue weighted by atomic mass is 10.0. The summed E-state index contributed by atoms with van der Waals surface area (Å²) in [5.74, 6) is 1.19. The van der Waals surface area contributed by atoms with Crippen molar-refractivity contribution in [2.75, 3.05) is 7.11 Å². The fourth-order valence-electron chi connectivity index (χ4n) is 1.76. The Balaban J connectivity index is 2.70. The highest BCUT2D eigenvalue weighted by Crippen LogP contribution is 2.37. The van der Waals surface area contributed by atoms with Crippen LogP contribution in [0.25, 0.3) is 10.1 Å². The predicted molar refractivity (Wildman–Crippen MR) is 67.9 cm³/mol. The van der Waals surface area contributed by atoms with E-state index in [1.54, 1.807) is 7.11 Å². The van der Waals surface area contributed by atoms with Gasteiger partial charge in [-0.2, -0.15) is 0 Å². The van der Waals surface area contributed by atoms with E-state index in [1.165, 1.54) is 16.9 Å².